The van der Waals surface area contributed by atoms with Gasteiger partial charge < -0.3 is 10.0 Å². The van der Waals surface area contributed by atoms with E-state index < -0.39 is 0 Å². The lowest BCUT2D eigenvalue weighted by Crippen LogP contribution is -2.57. The van der Waals surface area contributed by atoms with Gasteiger partial charge in [-0.05, 0) is 88.7 Å². The SMILES string of the molecule is CC1CC/C=C\N(C)C(C)(C2(I)CCC(C)CC(O)CC(C)C2)CC1. The van der Waals surface area contributed by atoms with Gasteiger partial charge >= 0.3 is 0 Å². The highest BCUT2D eigenvalue weighted by atomic mass is 127. The monoisotopic (exact) mass is 461 g/mol. The van der Waals surface area contributed by atoms with Crippen LogP contribution in [0.15, 0.2) is 12.3 Å². The van der Waals surface area contributed by atoms with Gasteiger partial charge in [-0.1, -0.05) is 49.4 Å². The van der Waals surface area contributed by atoms with Crippen LogP contribution in [0.2, 0.25) is 0 Å². The lowest BCUT2D eigenvalue weighted by atomic mass is 9.72. The van der Waals surface area contributed by atoms with Crippen LogP contribution in [0.25, 0.3) is 0 Å². The van der Waals surface area contributed by atoms with Crippen molar-refractivity contribution < 1.29 is 5.11 Å². The summed E-state index contributed by atoms with van der Waals surface area (Å²) in [6, 6.07) is 0. The molecule has 1 aliphatic carbocycles. The number of aliphatic hydroxyl groups excluding tert-OH is 1. The number of nitrogens with zero attached hydrogens (tertiary/aromatic N) is 1. The standard InChI is InChI=1S/C22H40INO/c1-17-8-6-7-13-24(5)21(4,11-9-17)22(23)12-10-18(2)14-20(25)15-19(3)16-22/h7,13,17-20,25H,6,8-12,14-16H2,1-5H3/b13-7-. The molecule has 0 spiro atoms. The van der Waals surface area contributed by atoms with E-state index in [1.807, 2.05) is 0 Å². The highest BCUT2D eigenvalue weighted by Gasteiger charge is 2.49. The van der Waals surface area contributed by atoms with Gasteiger partial charge in [0.05, 0.1) is 11.6 Å². The second kappa shape index (κ2) is 8.95. The van der Waals surface area contributed by atoms with Crippen molar-refractivity contribution in [2.75, 3.05) is 7.05 Å². The molecule has 6 atom stereocenters. The van der Waals surface area contributed by atoms with Crippen LogP contribution in [0.4, 0.5) is 0 Å². The zero-order valence-corrected chi connectivity index (χ0v) is 19.3. The molecule has 2 nitrogen and oxygen atoms in total. The summed E-state index contributed by atoms with van der Waals surface area (Å²) in [5, 5.41) is 10.4. The molecule has 0 aromatic carbocycles. The maximum absolute atomic E-state index is 10.4. The summed E-state index contributed by atoms with van der Waals surface area (Å²) in [6.07, 6.45) is 15.4. The number of alkyl halides is 1. The molecule has 0 radical (unpaired) electrons. The number of rotatable bonds is 1. The van der Waals surface area contributed by atoms with Gasteiger partial charge in [0.15, 0.2) is 0 Å². The molecule has 1 aliphatic heterocycles. The quantitative estimate of drug-likeness (QED) is 0.373. The third kappa shape index (κ3) is 5.37. The van der Waals surface area contributed by atoms with Crippen LogP contribution < -0.4 is 0 Å². The zero-order chi connectivity index (χ0) is 18.7. The van der Waals surface area contributed by atoms with E-state index >= 15 is 0 Å². The van der Waals surface area contributed by atoms with Crippen LogP contribution in [0.1, 0.15) is 85.5 Å². The van der Waals surface area contributed by atoms with E-state index in [0.717, 1.165) is 18.8 Å². The molecule has 0 saturated heterocycles. The van der Waals surface area contributed by atoms with Crippen LogP contribution in [-0.2, 0) is 0 Å². The second-order valence-electron chi connectivity index (χ2n) is 9.53. The van der Waals surface area contributed by atoms with E-state index in [4.69, 9.17) is 0 Å². The summed E-state index contributed by atoms with van der Waals surface area (Å²) in [6.45, 7) is 9.61. The Bertz CT molecular complexity index is 453. The van der Waals surface area contributed by atoms with E-state index in [-0.39, 0.29) is 15.1 Å². The molecule has 0 bridgehead atoms. The van der Waals surface area contributed by atoms with E-state index in [2.05, 4.69) is 74.5 Å². The smallest absolute Gasteiger partial charge is 0.0545 e. The first-order valence-electron chi connectivity index (χ1n) is 10.4. The van der Waals surface area contributed by atoms with Crippen molar-refractivity contribution in [2.45, 2.75) is 101 Å². The average molecular weight is 461 g/mol. The van der Waals surface area contributed by atoms with Gasteiger partial charge in [0.1, 0.15) is 0 Å². The number of allylic oxidation sites excluding steroid dienone is 1. The molecule has 0 amide bonds. The van der Waals surface area contributed by atoms with Gasteiger partial charge in [-0.3, -0.25) is 0 Å². The molecule has 0 aromatic heterocycles. The first-order valence-corrected chi connectivity index (χ1v) is 11.5. The highest BCUT2D eigenvalue weighted by molar-refractivity contribution is 14.1. The minimum atomic E-state index is -0.116. The molecule has 3 heteroatoms. The number of aliphatic hydroxyl groups is 1. The van der Waals surface area contributed by atoms with Crippen molar-refractivity contribution in [3.8, 4) is 0 Å². The summed E-state index contributed by atoms with van der Waals surface area (Å²) in [5.74, 6) is 2.01. The van der Waals surface area contributed by atoms with Gasteiger partial charge in [0.2, 0.25) is 0 Å². The topological polar surface area (TPSA) is 23.5 Å². The molecule has 6 unspecified atom stereocenters. The molecule has 1 N–H and O–H groups in total. The predicted molar refractivity (Wildman–Crippen MR) is 117 cm³/mol. The molecular formula is C22H40INO. The van der Waals surface area contributed by atoms with Crippen molar-refractivity contribution in [2.24, 2.45) is 17.8 Å². The Labute approximate surface area is 170 Å². The lowest BCUT2D eigenvalue weighted by molar-refractivity contribution is 0.0998. The first-order chi connectivity index (χ1) is 11.7. The molecule has 2 rings (SSSR count). The van der Waals surface area contributed by atoms with Crippen LogP contribution in [-0.4, -0.2) is 32.1 Å². The van der Waals surface area contributed by atoms with Gasteiger partial charge in [0.25, 0.3) is 0 Å². The normalized spacial score (nSPS) is 46.1. The molecular weight excluding hydrogens is 421 g/mol. The Morgan fingerprint density at radius 3 is 2.36 bits per heavy atom. The van der Waals surface area contributed by atoms with Crippen molar-refractivity contribution in [1.82, 2.24) is 4.90 Å². The fourth-order valence-corrected chi connectivity index (χ4v) is 6.72. The van der Waals surface area contributed by atoms with Gasteiger partial charge in [-0.15, -0.1) is 0 Å². The van der Waals surface area contributed by atoms with E-state index in [0.29, 0.717) is 11.8 Å². The largest absolute Gasteiger partial charge is 0.393 e. The zero-order valence-electron chi connectivity index (χ0n) is 17.1. The Balaban J connectivity index is 2.32. The van der Waals surface area contributed by atoms with E-state index in [9.17, 15) is 5.11 Å². The summed E-state index contributed by atoms with van der Waals surface area (Å²) >= 11 is 2.83. The van der Waals surface area contributed by atoms with E-state index in [1.54, 1.807) is 0 Å². The minimum Gasteiger partial charge on any atom is -0.393 e. The number of hydrogen-bond donors (Lipinski definition) is 1. The Hall–Kier alpha value is 0.230. The van der Waals surface area contributed by atoms with E-state index in [1.165, 1.54) is 44.9 Å². The van der Waals surface area contributed by atoms with Crippen LogP contribution in [0, 0.1) is 17.8 Å². The van der Waals surface area contributed by atoms with Crippen LogP contribution >= 0.6 is 22.6 Å². The van der Waals surface area contributed by atoms with Crippen LogP contribution in [0.3, 0.4) is 0 Å². The molecule has 25 heavy (non-hydrogen) atoms. The van der Waals surface area contributed by atoms with Crippen molar-refractivity contribution in [3.05, 3.63) is 12.3 Å². The molecule has 1 heterocycles. The second-order valence-corrected chi connectivity index (χ2v) is 11.6. The maximum Gasteiger partial charge on any atom is 0.0545 e. The summed E-state index contributed by atoms with van der Waals surface area (Å²) in [5.41, 5.74) is 0.173. The Kier molecular flexibility index (Phi) is 7.70. The maximum atomic E-state index is 10.4. The average Bonchev–Trinajstić information content (AvgIpc) is 2.61. The van der Waals surface area contributed by atoms with Gasteiger partial charge in [-0.25, -0.2) is 0 Å². The molecule has 1 saturated carbocycles. The first kappa shape index (κ1) is 21.5. The van der Waals surface area contributed by atoms with Crippen LogP contribution in [0.5, 0.6) is 0 Å². The minimum absolute atomic E-state index is 0.116. The molecule has 2 aliphatic rings. The van der Waals surface area contributed by atoms with Gasteiger partial charge in [-0.2, -0.15) is 0 Å². The predicted octanol–water partition coefficient (Wildman–Crippen LogP) is 6.17. The van der Waals surface area contributed by atoms with Crippen molar-refractivity contribution in [3.63, 3.8) is 0 Å². The molecule has 146 valence electrons. The summed E-state index contributed by atoms with van der Waals surface area (Å²) in [7, 11) is 2.29. The summed E-state index contributed by atoms with van der Waals surface area (Å²) in [4.78, 5) is 2.53. The number of halogens is 1. The fourth-order valence-electron chi connectivity index (χ4n) is 5.01. The Morgan fingerprint density at radius 2 is 1.64 bits per heavy atom. The van der Waals surface area contributed by atoms with Crippen molar-refractivity contribution >= 4 is 22.6 Å². The Morgan fingerprint density at radius 1 is 1.00 bits per heavy atom. The molecule has 0 aromatic rings. The highest BCUT2D eigenvalue weighted by Crippen LogP contribution is 2.50. The third-order valence-corrected chi connectivity index (χ3v) is 9.22. The number of hydrogen-bond acceptors (Lipinski definition) is 2. The molecule has 1 fully saturated rings. The van der Waals surface area contributed by atoms with Gasteiger partial charge in [0, 0.05) is 10.5 Å². The summed E-state index contributed by atoms with van der Waals surface area (Å²) < 4.78 is 0.256. The fraction of sp³-hybridized carbons (Fsp3) is 0.909. The lowest BCUT2D eigenvalue weighted by Gasteiger charge is -2.52. The third-order valence-electron chi connectivity index (χ3n) is 7.08. The van der Waals surface area contributed by atoms with Crippen molar-refractivity contribution in [1.29, 1.82) is 0 Å².